The molecule has 1 aliphatic heterocycles. The summed E-state index contributed by atoms with van der Waals surface area (Å²) >= 11 is 5.97. The summed E-state index contributed by atoms with van der Waals surface area (Å²) in [6, 6.07) is 7.23. The van der Waals surface area contributed by atoms with E-state index in [9.17, 15) is 9.18 Å². The third-order valence-electron chi connectivity index (χ3n) is 3.43. The smallest absolute Gasteiger partial charge is 0.274 e. The van der Waals surface area contributed by atoms with E-state index in [0.29, 0.717) is 35.1 Å². The highest BCUT2D eigenvalue weighted by Crippen LogP contribution is 2.25. The summed E-state index contributed by atoms with van der Waals surface area (Å²) in [6.07, 6.45) is 2.02. The average molecular weight is 334 g/mol. The maximum absolute atomic E-state index is 13.3. The normalized spacial score (nSPS) is 13.9. The standard InChI is InChI=1S/C16H13ClFN3O2/c1-23-15-13(8-11(17)9-19-15)14-5-6-21(20-14)16(22)10-3-2-4-12(18)7-10/h2-4,7-9H,5-6H2,1H3. The topological polar surface area (TPSA) is 54.8 Å². The van der Waals surface area contributed by atoms with Crippen molar-refractivity contribution in [3.63, 3.8) is 0 Å². The van der Waals surface area contributed by atoms with Crippen LogP contribution in [0.3, 0.4) is 0 Å². The Kier molecular flexibility index (Phi) is 4.25. The van der Waals surface area contributed by atoms with Crippen LogP contribution in [0.4, 0.5) is 4.39 Å². The van der Waals surface area contributed by atoms with Crippen molar-refractivity contribution in [2.45, 2.75) is 6.42 Å². The molecule has 1 aromatic carbocycles. The van der Waals surface area contributed by atoms with Gasteiger partial charge >= 0.3 is 0 Å². The van der Waals surface area contributed by atoms with Crippen LogP contribution in [0.2, 0.25) is 5.02 Å². The molecule has 0 fully saturated rings. The zero-order valence-corrected chi connectivity index (χ0v) is 13.0. The van der Waals surface area contributed by atoms with Crippen molar-refractivity contribution < 1.29 is 13.9 Å². The lowest BCUT2D eigenvalue weighted by atomic mass is 10.1. The molecule has 23 heavy (non-hydrogen) atoms. The van der Waals surface area contributed by atoms with Crippen molar-refractivity contribution in [3.05, 3.63) is 58.5 Å². The minimum absolute atomic E-state index is 0.256. The Morgan fingerprint density at radius 1 is 1.39 bits per heavy atom. The summed E-state index contributed by atoms with van der Waals surface area (Å²) in [5.41, 5.74) is 1.56. The summed E-state index contributed by atoms with van der Waals surface area (Å²) in [7, 11) is 1.50. The van der Waals surface area contributed by atoms with Crippen molar-refractivity contribution in [2.75, 3.05) is 13.7 Å². The number of carbonyl (C=O) groups excluding carboxylic acids is 1. The molecule has 3 rings (SSSR count). The zero-order valence-electron chi connectivity index (χ0n) is 12.3. The van der Waals surface area contributed by atoms with E-state index in [1.165, 1.54) is 36.5 Å². The Hall–Kier alpha value is -2.47. The molecule has 0 radical (unpaired) electrons. The number of hydrogen-bond donors (Lipinski definition) is 0. The number of hydrazone groups is 1. The molecule has 0 bridgehead atoms. The van der Waals surface area contributed by atoms with E-state index in [2.05, 4.69) is 10.1 Å². The van der Waals surface area contributed by atoms with Gasteiger partial charge in [-0.1, -0.05) is 17.7 Å². The first kappa shape index (κ1) is 15.4. The number of aromatic nitrogens is 1. The van der Waals surface area contributed by atoms with Crippen LogP contribution < -0.4 is 4.74 Å². The molecule has 1 amide bonds. The van der Waals surface area contributed by atoms with Gasteiger partial charge in [0.15, 0.2) is 0 Å². The van der Waals surface area contributed by atoms with Crippen molar-refractivity contribution in [3.8, 4) is 5.88 Å². The van der Waals surface area contributed by atoms with Gasteiger partial charge in [0.1, 0.15) is 5.82 Å². The second kappa shape index (κ2) is 6.34. The van der Waals surface area contributed by atoms with E-state index in [-0.39, 0.29) is 11.5 Å². The van der Waals surface area contributed by atoms with Crippen molar-refractivity contribution in [1.29, 1.82) is 0 Å². The molecule has 0 spiro atoms. The van der Waals surface area contributed by atoms with Crippen LogP contribution in [-0.4, -0.2) is 35.3 Å². The fraction of sp³-hybridized carbons (Fsp3) is 0.188. The lowest BCUT2D eigenvalue weighted by molar-refractivity contribution is 0.0778. The number of rotatable bonds is 3. The van der Waals surface area contributed by atoms with Crippen LogP contribution in [0.5, 0.6) is 5.88 Å². The number of halogens is 2. The Labute approximate surface area is 137 Å². The van der Waals surface area contributed by atoms with E-state index < -0.39 is 5.82 Å². The molecule has 2 heterocycles. The summed E-state index contributed by atoms with van der Waals surface area (Å²) in [5, 5.41) is 6.08. The number of ether oxygens (including phenoxy) is 1. The number of amides is 1. The molecule has 0 N–H and O–H groups in total. The molecular weight excluding hydrogens is 321 g/mol. The maximum Gasteiger partial charge on any atom is 0.274 e. The first-order valence-electron chi connectivity index (χ1n) is 6.93. The Balaban J connectivity index is 1.89. The molecule has 118 valence electrons. The number of carbonyl (C=O) groups is 1. The quantitative estimate of drug-likeness (QED) is 0.867. The molecule has 0 atom stereocenters. The van der Waals surface area contributed by atoms with Crippen LogP contribution in [0.25, 0.3) is 0 Å². The third kappa shape index (κ3) is 3.17. The van der Waals surface area contributed by atoms with Crippen molar-refractivity contribution >= 4 is 23.2 Å². The molecule has 0 saturated heterocycles. The van der Waals surface area contributed by atoms with Crippen LogP contribution in [0, 0.1) is 5.82 Å². The largest absolute Gasteiger partial charge is 0.481 e. The molecule has 7 heteroatoms. The monoisotopic (exact) mass is 333 g/mol. The van der Waals surface area contributed by atoms with Gasteiger partial charge in [-0.25, -0.2) is 14.4 Å². The summed E-state index contributed by atoms with van der Waals surface area (Å²) in [5.74, 6) is -0.415. The summed E-state index contributed by atoms with van der Waals surface area (Å²) < 4.78 is 18.5. The van der Waals surface area contributed by atoms with Gasteiger partial charge in [0.05, 0.1) is 30.0 Å². The van der Waals surface area contributed by atoms with Crippen molar-refractivity contribution in [2.24, 2.45) is 5.10 Å². The highest BCUT2D eigenvalue weighted by atomic mass is 35.5. The molecule has 0 unspecified atom stereocenters. The second-order valence-corrected chi connectivity index (χ2v) is 5.38. The van der Waals surface area contributed by atoms with Gasteiger partial charge in [-0.3, -0.25) is 4.79 Å². The van der Waals surface area contributed by atoms with E-state index in [4.69, 9.17) is 16.3 Å². The number of methoxy groups -OCH3 is 1. The molecule has 0 aliphatic carbocycles. The van der Waals surface area contributed by atoms with Gasteiger partial charge in [0.25, 0.3) is 5.91 Å². The first-order valence-corrected chi connectivity index (χ1v) is 7.31. The highest BCUT2D eigenvalue weighted by molar-refractivity contribution is 6.31. The molecule has 5 nitrogen and oxygen atoms in total. The van der Waals surface area contributed by atoms with Crippen LogP contribution in [0.1, 0.15) is 22.3 Å². The predicted molar refractivity (Wildman–Crippen MR) is 84.4 cm³/mol. The molecule has 2 aromatic rings. The molecule has 0 saturated carbocycles. The van der Waals surface area contributed by atoms with Gasteiger partial charge in [0, 0.05) is 18.2 Å². The Morgan fingerprint density at radius 2 is 2.22 bits per heavy atom. The zero-order chi connectivity index (χ0) is 16.4. The number of benzene rings is 1. The molecular formula is C16H13ClFN3O2. The van der Waals surface area contributed by atoms with E-state index in [1.807, 2.05) is 0 Å². The van der Waals surface area contributed by atoms with Crippen LogP contribution in [0.15, 0.2) is 41.6 Å². The fourth-order valence-corrected chi connectivity index (χ4v) is 2.52. The van der Waals surface area contributed by atoms with Crippen LogP contribution >= 0.6 is 11.6 Å². The fourth-order valence-electron chi connectivity index (χ4n) is 2.36. The number of hydrogen-bond acceptors (Lipinski definition) is 4. The van der Waals surface area contributed by atoms with E-state index >= 15 is 0 Å². The number of nitrogens with zero attached hydrogens (tertiary/aromatic N) is 3. The lowest BCUT2D eigenvalue weighted by Crippen LogP contribution is -2.23. The number of pyridine rings is 1. The van der Waals surface area contributed by atoms with Crippen molar-refractivity contribution in [1.82, 2.24) is 9.99 Å². The van der Waals surface area contributed by atoms with Gasteiger partial charge in [0.2, 0.25) is 5.88 Å². The Morgan fingerprint density at radius 3 is 2.96 bits per heavy atom. The minimum atomic E-state index is -0.458. The third-order valence-corrected chi connectivity index (χ3v) is 3.64. The Bertz CT molecular complexity index is 795. The average Bonchev–Trinajstić information content (AvgIpc) is 3.04. The maximum atomic E-state index is 13.3. The summed E-state index contributed by atoms with van der Waals surface area (Å²) in [4.78, 5) is 16.5. The minimum Gasteiger partial charge on any atom is -0.481 e. The SMILES string of the molecule is COc1ncc(Cl)cc1C1=NN(C(=O)c2cccc(F)c2)CC1. The van der Waals surface area contributed by atoms with E-state index in [0.717, 1.165) is 0 Å². The van der Waals surface area contributed by atoms with Gasteiger partial charge in [-0.15, -0.1) is 0 Å². The van der Waals surface area contributed by atoms with Gasteiger partial charge in [-0.05, 0) is 24.3 Å². The van der Waals surface area contributed by atoms with Crippen LogP contribution in [-0.2, 0) is 0 Å². The second-order valence-electron chi connectivity index (χ2n) is 4.95. The first-order chi connectivity index (χ1) is 11.1. The predicted octanol–water partition coefficient (Wildman–Crippen LogP) is 3.13. The van der Waals surface area contributed by atoms with Gasteiger partial charge < -0.3 is 4.74 Å². The molecule has 1 aromatic heterocycles. The van der Waals surface area contributed by atoms with E-state index in [1.54, 1.807) is 12.1 Å². The van der Waals surface area contributed by atoms with Gasteiger partial charge in [-0.2, -0.15) is 5.10 Å². The highest BCUT2D eigenvalue weighted by Gasteiger charge is 2.25. The summed E-state index contributed by atoms with van der Waals surface area (Å²) in [6.45, 7) is 0.403. The lowest BCUT2D eigenvalue weighted by Gasteiger charge is -2.11. The molecule has 1 aliphatic rings.